The SMILES string of the molecule is COC(=O)C1=C(N)OC2=C(C(=O)CCC2)C1c1cccc(OC)c1. The Balaban J connectivity index is 2.19. The summed E-state index contributed by atoms with van der Waals surface area (Å²) in [6.07, 6.45) is 1.76. The lowest BCUT2D eigenvalue weighted by atomic mass is 9.77. The van der Waals surface area contributed by atoms with Crippen LogP contribution in [0.2, 0.25) is 0 Å². The molecule has 24 heavy (non-hydrogen) atoms. The molecule has 0 saturated carbocycles. The largest absolute Gasteiger partial charge is 0.497 e. The minimum Gasteiger partial charge on any atom is -0.497 e. The lowest BCUT2D eigenvalue weighted by Gasteiger charge is -2.32. The zero-order valence-electron chi connectivity index (χ0n) is 13.6. The van der Waals surface area contributed by atoms with Crippen LogP contribution in [0.25, 0.3) is 0 Å². The van der Waals surface area contributed by atoms with E-state index in [1.807, 2.05) is 12.1 Å². The quantitative estimate of drug-likeness (QED) is 0.855. The first-order chi connectivity index (χ1) is 11.6. The molecular weight excluding hydrogens is 310 g/mol. The molecule has 0 bridgehead atoms. The molecule has 0 saturated heterocycles. The van der Waals surface area contributed by atoms with Gasteiger partial charge in [0.25, 0.3) is 0 Å². The molecule has 6 nitrogen and oxygen atoms in total. The number of ketones is 1. The Hall–Kier alpha value is -2.76. The van der Waals surface area contributed by atoms with Gasteiger partial charge in [-0.2, -0.15) is 0 Å². The summed E-state index contributed by atoms with van der Waals surface area (Å²) in [5.74, 6) is -0.0770. The van der Waals surface area contributed by atoms with E-state index in [4.69, 9.17) is 19.9 Å². The van der Waals surface area contributed by atoms with Crippen molar-refractivity contribution in [2.24, 2.45) is 5.73 Å². The van der Waals surface area contributed by atoms with Crippen LogP contribution >= 0.6 is 0 Å². The number of nitrogens with two attached hydrogens (primary N) is 1. The molecule has 0 radical (unpaired) electrons. The highest BCUT2D eigenvalue weighted by Crippen LogP contribution is 2.44. The van der Waals surface area contributed by atoms with E-state index in [1.165, 1.54) is 7.11 Å². The fraction of sp³-hybridized carbons (Fsp3) is 0.333. The number of methoxy groups -OCH3 is 2. The number of benzene rings is 1. The van der Waals surface area contributed by atoms with E-state index in [-0.39, 0.29) is 17.2 Å². The van der Waals surface area contributed by atoms with Gasteiger partial charge in [0.05, 0.1) is 20.1 Å². The Morgan fingerprint density at radius 3 is 2.79 bits per heavy atom. The normalized spacial score (nSPS) is 20.4. The van der Waals surface area contributed by atoms with Gasteiger partial charge in [0.1, 0.15) is 17.1 Å². The van der Waals surface area contributed by atoms with Gasteiger partial charge in [0.2, 0.25) is 5.88 Å². The minimum absolute atomic E-state index is 0.0110. The number of rotatable bonds is 3. The smallest absolute Gasteiger partial charge is 0.340 e. The van der Waals surface area contributed by atoms with Crippen LogP contribution in [0, 0.1) is 0 Å². The Morgan fingerprint density at radius 1 is 1.29 bits per heavy atom. The maximum Gasteiger partial charge on any atom is 0.340 e. The monoisotopic (exact) mass is 329 g/mol. The molecule has 0 amide bonds. The molecule has 126 valence electrons. The van der Waals surface area contributed by atoms with Crippen molar-refractivity contribution in [2.45, 2.75) is 25.2 Å². The summed E-state index contributed by atoms with van der Waals surface area (Å²) in [4.78, 5) is 24.8. The molecule has 1 aromatic rings. The average molecular weight is 329 g/mol. The van der Waals surface area contributed by atoms with Crippen molar-refractivity contribution in [1.82, 2.24) is 0 Å². The van der Waals surface area contributed by atoms with Gasteiger partial charge >= 0.3 is 5.97 Å². The third kappa shape index (κ3) is 2.64. The van der Waals surface area contributed by atoms with Crippen molar-refractivity contribution in [3.63, 3.8) is 0 Å². The van der Waals surface area contributed by atoms with Crippen LogP contribution in [0.15, 0.2) is 47.1 Å². The molecule has 6 heteroatoms. The number of carbonyl (C=O) groups excluding carboxylic acids is 2. The summed E-state index contributed by atoms with van der Waals surface area (Å²) < 4.78 is 15.7. The zero-order chi connectivity index (χ0) is 17.3. The summed E-state index contributed by atoms with van der Waals surface area (Å²) in [7, 11) is 2.84. The topological polar surface area (TPSA) is 87.9 Å². The molecule has 1 heterocycles. The van der Waals surface area contributed by atoms with Crippen LogP contribution in [0.1, 0.15) is 30.7 Å². The first-order valence-electron chi connectivity index (χ1n) is 7.72. The molecule has 3 rings (SSSR count). The van der Waals surface area contributed by atoms with Crippen LogP contribution in [0.5, 0.6) is 5.75 Å². The van der Waals surface area contributed by atoms with E-state index in [9.17, 15) is 9.59 Å². The van der Waals surface area contributed by atoms with Gasteiger partial charge in [0, 0.05) is 18.4 Å². The number of allylic oxidation sites excluding steroid dienone is 2. The highest BCUT2D eigenvalue weighted by molar-refractivity contribution is 6.03. The molecule has 0 aromatic heterocycles. The van der Waals surface area contributed by atoms with Crippen molar-refractivity contribution < 1.29 is 23.8 Å². The van der Waals surface area contributed by atoms with E-state index < -0.39 is 11.9 Å². The van der Waals surface area contributed by atoms with E-state index in [0.717, 1.165) is 5.56 Å². The molecule has 1 unspecified atom stereocenters. The van der Waals surface area contributed by atoms with E-state index >= 15 is 0 Å². The number of hydrogen-bond acceptors (Lipinski definition) is 6. The third-order valence-corrected chi connectivity index (χ3v) is 4.32. The lowest BCUT2D eigenvalue weighted by molar-refractivity contribution is -0.136. The van der Waals surface area contributed by atoms with E-state index in [1.54, 1.807) is 19.2 Å². The first-order valence-corrected chi connectivity index (χ1v) is 7.72. The van der Waals surface area contributed by atoms with E-state index in [0.29, 0.717) is 36.3 Å². The van der Waals surface area contributed by atoms with Crippen LogP contribution in [-0.2, 0) is 19.1 Å². The zero-order valence-corrected chi connectivity index (χ0v) is 13.6. The van der Waals surface area contributed by atoms with Gasteiger partial charge in [-0.15, -0.1) is 0 Å². The average Bonchev–Trinajstić information content (AvgIpc) is 2.60. The Morgan fingerprint density at radius 2 is 2.08 bits per heavy atom. The predicted octanol–water partition coefficient (Wildman–Crippen LogP) is 2.16. The Kier molecular flexibility index (Phi) is 4.29. The molecule has 2 aliphatic rings. The molecule has 1 aromatic carbocycles. The van der Waals surface area contributed by atoms with Gasteiger partial charge in [-0.05, 0) is 24.1 Å². The van der Waals surface area contributed by atoms with Gasteiger partial charge in [-0.25, -0.2) is 4.79 Å². The summed E-state index contributed by atoms with van der Waals surface area (Å²) in [6, 6.07) is 7.23. The highest BCUT2D eigenvalue weighted by Gasteiger charge is 2.41. The molecule has 1 atom stereocenters. The van der Waals surface area contributed by atoms with E-state index in [2.05, 4.69) is 0 Å². The fourth-order valence-electron chi connectivity index (χ4n) is 3.22. The van der Waals surface area contributed by atoms with Crippen molar-refractivity contribution in [1.29, 1.82) is 0 Å². The van der Waals surface area contributed by atoms with Crippen molar-refractivity contribution in [3.05, 3.63) is 52.6 Å². The van der Waals surface area contributed by atoms with Crippen molar-refractivity contribution in [3.8, 4) is 5.75 Å². The lowest BCUT2D eigenvalue weighted by Crippen LogP contribution is -2.31. The van der Waals surface area contributed by atoms with Gasteiger partial charge in [0.15, 0.2) is 5.78 Å². The molecule has 1 aliphatic heterocycles. The maximum absolute atomic E-state index is 12.5. The fourth-order valence-corrected chi connectivity index (χ4v) is 3.22. The van der Waals surface area contributed by atoms with Gasteiger partial charge < -0.3 is 19.9 Å². The van der Waals surface area contributed by atoms with Gasteiger partial charge in [-0.1, -0.05) is 12.1 Å². The van der Waals surface area contributed by atoms with Gasteiger partial charge in [-0.3, -0.25) is 4.79 Å². The molecule has 0 spiro atoms. The number of esters is 1. The molecular formula is C18H19NO5. The number of Topliss-reactive ketones (excluding diaryl/α,β-unsaturated/α-hetero) is 1. The maximum atomic E-state index is 12.5. The van der Waals surface area contributed by atoms with Crippen molar-refractivity contribution >= 4 is 11.8 Å². The number of ether oxygens (including phenoxy) is 3. The number of hydrogen-bond donors (Lipinski definition) is 1. The molecule has 0 fully saturated rings. The second-order valence-electron chi connectivity index (χ2n) is 5.69. The standard InChI is InChI=1S/C18H19NO5/c1-22-11-6-3-5-10(9-11)14-15-12(20)7-4-8-13(15)24-17(19)16(14)18(21)23-2/h3,5-6,9,14H,4,7-8,19H2,1-2H3. The third-order valence-electron chi connectivity index (χ3n) is 4.32. The minimum atomic E-state index is -0.607. The van der Waals surface area contributed by atoms with Crippen LogP contribution in [-0.4, -0.2) is 26.0 Å². The second-order valence-corrected chi connectivity index (χ2v) is 5.69. The summed E-state index contributed by atoms with van der Waals surface area (Å²) >= 11 is 0. The first kappa shape index (κ1) is 16.1. The second kappa shape index (κ2) is 6.39. The summed E-state index contributed by atoms with van der Waals surface area (Å²) in [5.41, 5.74) is 7.37. The highest BCUT2D eigenvalue weighted by atomic mass is 16.5. The summed E-state index contributed by atoms with van der Waals surface area (Å²) in [6.45, 7) is 0. The molecule has 1 aliphatic carbocycles. The van der Waals surface area contributed by atoms with Crippen LogP contribution in [0.4, 0.5) is 0 Å². The number of carbonyl (C=O) groups is 2. The van der Waals surface area contributed by atoms with Crippen molar-refractivity contribution in [2.75, 3.05) is 14.2 Å². The molecule has 2 N–H and O–H groups in total. The van der Waals surface area contributed by atoms with Crippen LogP contribution in [0.3, 0.4) is 0 Å². The van der Waals surface area contributed by atoms with Crippen LogP contribution < -0.4 is 10.5 Å². The predicted molar refractivity (Wildman–Crippen MR) is 85.9 cm³/mol. The Bertz CT molecular complexity index is 762. The Labute approximate surface area is 139 Å². The summed E-state index contributed by atoms with van der Waals surface area (Å²) in [5, 5.41) is 0.